The van der Waals surface area contributed by atoms with Crippen LogP contribution < -0.4 is 9.47 Å². The average Bonchev–Trinajstić information content (AvgIpc) is 3.02. The zero-order chi connectivity index (χ0) is 16.7. The SMILES string of the molecule is CCC[S+]([O-])CC(=O)N1CCS[C@@H]1COc1ccccc1OC. The number of ether oxygens (including phenoxy) is 2. The van der Waals surface area contributed by atoms with Gasteiger partial charge in [0.2, 0.25) is 0 Å². The number of methoxy groups -OCH3 is 1. The minimum atomic E-state index is -1.07. The standard InChI is InChI=1S/C16H23NO4S2/c1-3-10-23(19)12-15(18)17-8-9-22-16(17)11-21-14-7-5-4-6-13(14)20-2/h4-7,16H,3,8-12H2,1-2H3/t16-,23?/m1/s1. The number of benzene rings is 1. The molecule has 1 fully saturated rings. The zero-order valence-corrected chi connectivity index (χ0v) is 15.2. The van der Waals surface area contributed by atoms with Crippen molar-refractivity contribution in [3.63, 3.8) is 0 Å². The normalized spacial score (nSPS) is 18.7. The maximum Gasteiger partial charge on any atom is 0.273 e. The van der Waals surface area contributed by atoms with Crippen molar-refractivity contribution >= 4 is 28.8 Å². The third-order valence-electron chi connectivity index (χ3n) is 3.48. The van der Waals surface area contributed by atoms with Crippen LogP contribution in [0.3, 0.4) is 0 Å². The van der Waals surface area contributed by atoms with Crippen molar-refractivity contribution in [3.8, 4) is 11.5 Å². The average molecular weight is 357 g/mol. The molecule has 1 heterocycles. The molecule has 1 saturated heterocycles. The summed E-state index contributed by atoms with van der Waals surface area (Å²) >= 11 is 0.625. The lowest BCUT2D eigenvalue weighted by Gasteiger charge is -2.24. The van der Waals surface area contributed by atoms with E-state index >= 15 is 0 Å². The molecule has 1 amide bonds. The fourth-order valence-electron chi connectivity index (χ4n) is 2.36. The molecule has 2 atom stereocenters. The Morgan fingerprint density at radius 1 is 1.43 bits per heavy atom. The Morgan fingerprint density at radius 2 is 2.17 bits per heavy atom. The van der Waals surface area contributed by atoms with Gasteiger partial charge in [-0.15, -0.1) is 11.8 Å². The van der Waals surface area contributed by atoms with Gasteiger partial charge < -0.3 is 18.9 Å². The van der Waals surface area contributed by atoms with E-state index in [1.807, 2.05) is 31.2 Å². The van der Waals surface area contributed by atoms with Crippen molar-refractivity contribution in [2.75, 3.05) is 37.5 Å². The molecule has 0 N–H and O–H groups in total. The third kappa shape index (κ3) is 5.22. The molecule has 1 aromatic carbocycles. The number of rotatable bonds is 8. The van der Waals surface area contributed by atoms with Crippen LogP contribution in [-0.4, -0.2) is 58.3 Å². The summed E-state index contributed by atoms with van der Waals surface area (Å²) < 4.78 is 22.9. The highest BCUT2D eigenvalue weighted by molar-refractivity contribution is 8.00. The molecular formula is C16H23NO4S2. The van der Waals surface area contributed by atoms with Gasteiger partial charge in [0.25, 0.3) is 5.91 Å². The van der Waals surface area contributed by atoms with E-state index in [2.05, 4.69) is 0 Å². The Kier molecular flexibility index (Phi) is 7.39. The van der Waals surface area contributed by atoms with Gasteiger partial charge in [0.05, 0.1) is 7.11 Å². The quantitative estimate of drug-likeness (QED) is 0.667. The van der Waals surface area contributed by atoms with Crippen molar-refractivity contribution in [3.05, 3.63) is 24.3 Å². The molecule has 0 aliphatic carbocycles. The van der Waals surface area contributed by atoms with Gasteiger partial charge >= 0.3 is 0 Å². The molecule has 0 bridgehead atoms. The molecule has 7 heteroatoms. The highest BCUT2D eigenvalue weighted by Gasteiger charge is 2.32. The summed E-state index contributed by atoms with van der Waals surface area (Å²) in [5.74, 6) is 2.87. The van der Waals surface area contributed by atoms with Crippen LogP contribution in [0.25, 0.3) is 0 Å². The molecule has 1 unspecified atom stereocenters. The van der Waals surface area contributed by atoms with Crippen LogP contribution in [0.1, 0.15) is 13.3 Å². The van der Waals surface area contributed by atoms with Gasteiger partial charge in [-0.2, -0.15) is 0 Å². The third-order valence-corrected chi connectivity index (χ3v) is 6.10. The molecule has 128 valence electrons. The Morgan fingerprint density at radius 3 is 2.87 bits per heavy atom. The summed E-state index contributed by atoms with van der Waals surface area (Å²) in [5.41, 5.74) is 0. The van der Waals surface area contributed by atoms with Crippen LogP contribution in [0, 0.1) is 0 Å². The van der Waals surface area contributed by atoms with Crippen molar-refractivity contribution in [2.45, 2.75) is 18.7 Å². The van der Waals surface area contributed by atoms with E-state index in [0.29, 0.717) is 30.4 Å². The lowest BCUT2D eigenvalue weighted by Crippen LogP contribution is -2.41. The lowest BCUT2D eigenvalue weighted by atomic mass is 10.3. The summed E-state index contributed by atoms with van der Waals surface area (Å²) in [6.45, 7) is 3.06. The van der Waals surface area contributed by atoms with E-state index < -0.39 is 11.2 Å². The van der Waals surface area contributed by atoms with Gasteiger partial charge in [0, 0.05) is 12.3 Å². The van der Waals surface area contributed by atoms with Crippen LogP contribution in [0.15, 0.2) is 24.3 Å². The summed E-state index contributed by atoms with van der Waals surface area (Å²) in [5, 5.41) is -0.0361. The fraction of sp³-hybridized carbons (Fsp3) is 0.562. The second-order valence-electron chi connectivity index (χ2n) is 5.16. The van der Waals surface area contributed by atoms with E-state index in [9.17, 15) is 9.35 Å². The van der Waals surface area contributed by atoms with Gasteiger partial charge in [0.1, 0.15) is 17.7 Å². The molecule has 0 saturated carbocycles. The van der Waals surface area contributed by atoms with Crippen LogP contribution in [0.5, 0.6) is 11.5 Å². The highest BCUT2D eigenvalue weighted by atomic mass is 32.2. The van der Waals surface area contributed by atoms with Gasteiger partial charge in [-0.3, -0.25) is 4.79 Å². The van der Waals surface area contributed by atoms with Crippen molar-refractivity contribution in [1.82, 2.24) is 4.90 Å². The molecule has 1 aliphatic rings. The fourth-order valence-corrected chi connectivity index (χ4v) is 4.55. The van der Waals surface area contributed by atoms with E-state index in [4.69, 9.17) is 9.47 Å². The Hall–Kier alpha value is -1.05. The molecule has 2 rings (SSSR count). The summed E-state index contributed by atoms with van der Waals surface area (Å²) in [7, 11) is 1.60. The second kappa shape index (κ2) is 9.30. The maximum absolute atomic E-state index is 12.3. The molecular weight excluding hydrogens is 334 g/mol. The van der Waals surface area contributed by atoms with Crippen molar-refractivity contribution < 1.29 is 18.8 Å². The van der Waals surface area contributed by atoms with E-state index in [1.54, 1.807) is 23.8 Å². The predicted molar refractivity (Wildman–Crippen MR) is 94.6 cm³/mol. The van der Waals surface area contributed by atoms with Gasteiger partial charge in [-0.05, 0) is 29.7 Å². The Bertz CT molecular complexity index is 515. The lowest BCUT2D eigenvalue weighted by molar-refractivity contribution is -0.128. The minimum absolute atomic E-state index is 0.0361. The molecule has 0 radical (unpaired) electrons. The largest absolute Gasteiger partial charge is 0.616 e. The number of para-hydroxylation sites is 2. The molecule has 5 nitrogen and oxygen atoms in total. The van der Waals surface area contributed by atoms with Crippen LogP contribution >= 0.6 is 11.8 Å². The Labute approximate surface area is 144 Å². The smallest absolute Gasteiger partial charge is 0.273 e. The van der Waals surface area contributed by atoms with Crippen molar-refractivity contribution in [2.24, 2.45) is 0 Å². The number of carbonyl (C=O) groups excluding carboxylic acids is 1. The molecule has 0 aromatic heterocycles. The predicted octanol–water partition coefficient (Wildman–Crippen LogP) is 2.13. The first-order valence-corrected chi connectivity index (χ1v) is 10.2. The molecule has 1 aromatic rings. The number of carbonyl (C=O) groups is 1. The number of amides is 1. The number of nitrogens with zero attached hydrogens (tertiary/aromatic N) is 1. The first-order valence-electron chi connectivity index (χ1n) is 7.67. The highest BCUT2D eigenvalue weighted by Crippen LogP contribution is 2.29. The second-order valence-corrected chi connectivity index (χ2v) is 8.03. The van der Waals surface area contributed by atoms with Crippen LogP contribution in [0.2, 0.25) is 0 Å². The zero-order valence-electron chi connectivity index (χ0n) is 13.5. The maximum atomic E-state index is 12.3. The number of hydrogen-bond acceptors (Lipinski definition) is 5. The van der Waals surface area contributed by atoms with Crippen molar-refractivity contribution in [1.29, 1.82) is 0 Å². The number of hydrogen-bond donors (Lipinski definition) is 0. The van der Waals surface area contributed by atoms with E-state index in [-0.39, 0.29) is 17.0 Å². The van der Waals surface area contributed by atoms with Gasteiger partial charge in [-0.25, -0.2) is 0 Å². The van der Waals surface area contributed by atoms with E-state index in [0.717, 1.165) is 12.2 Å². The van der Waals surface area contributed by atoms with Gasteiger partial charge in [-0.1, -0.05) is 19.1 Å². The monoisotopic (exact) mass is 357 g/mol. The minimum Gasteiger partial charge on any atom is -0.616 e. The van der Waals surface area contributed by atoms with Crippen LogP contribution in [-0.2, 0) is 16.0 Å². The number of thioether (sulfide) groups is 1. The summed E-state index contributed by atoms with van der Waals surface area (Å²) in [6, 6.07) is 7.46. The van der Waals surface area contributed by atoms with Crippen LogP contribution in [0.4, 0.5) is 0 Å². The van der Waals surface area contributed by atoms with E-state index in [1.165, 1.54) is 0 Å². The Balaban J connectivity index is 1.90. The molecule has 0 spiro atoms. The molecule has 1 aliphatic heterocycles. The summed E-state index contributed by atoms with van der Waals surface area (Å²) in [6.07, 6.45) is 0.828. The summed E-state index contributed by atoms with van der Waals surface area (Å²) in [4.78, 5) is 14.1. The first-order chi connectivity index (χ1) is 11.2. The molecule has 23 heavy (non-hydrogen) atoms. The van der Waals surface area contributed by atoms with Gasteiger partial charge in [0.15, 0.2) is 17.3 Å². The topological polar surface area (TPSA) is 61.8 Å². The first kappa shape index (κ1) is 18.3.